The van der Waals surface area contributed by atoms with E-state index in [-0.39, 0.29) is 0 Å². The number of hydrogen-bond acceptors (Lipinski definition) is 3. The molecule has 0 spiro atoms. The van der Waals surface area contributed by atoms with Crippen LogP contribution in [0.15, 0.2) is 164 Å². The Labute approximate surface area is 301 Å². The average Bonchev–Trinajstić information content (AvgIpc) is 3.19. The van der Waals surface area contributed by atoms with E-state index in [4.69, 9.17) is 14.2 Å². The third kappa shape index (κ3) is 7.44. The van der Waals surface area contributed by atoms with Crippen LogP contribution in [-0.4, -0.2) is 19.8 Å². The highest BCUT2D eigenvalue weighted by molar-refractivity contribution is 5.94. The fourth-order valence-corrected chi connectivity index (χ4v) is 6.75. The number of rotatable bonds is 12. The first-order valence-corrected chi connectivity index (χ1v) is 17.8. The third-order valence-electron chi connectivity index (χ3n) is 9.08. The van der Waals surface area contributed by atoms with Crippen molar-refractivity contribution in [1.82, 2.24) is 0 Å². The van der Waals surface area contributed by atoms with Gasteiger partial charge in [0.2, 0.25) is 0 Å². The highest BCUT2D eigenvalue weighted by atomic mass is 16.5. The molecule has 0 atom stereocenters. The van der Waals surface area contributed by atoms with Crippen LogP contribution in [0.4, 0.5) is 0 Å². The second kappa shape index (κ2) is 15.7. The fraction of sp³-hybridized carbons (Fsp3) is 0.125. The van der Waals surface area contributed by atoms with E-state index in [1.165, 1.54) is 33.4 Å². The van der Waals surface area contributed by atoms with Crippen LogP contribution < -0.4 is 14.2 Å². The number of hydrogen-bond donors (Lipinski definition) is 0. The summed E-state index contributed by atoms with van der Waals surface area (Å²) in [5, 5.41) is 0. The molecule has 0 aromatic heterocycles. The molecule has 0 aliphatic carbocycles. The van der Waals surface area contributed by atoms with Gasteiger partial charge in [-0.2, -0.15) is 0 Å². The van der Waals surface area contributed by atoms with Gasteiger partial charge in [0.05, 0.1) is 19.8 Å². The van der Waals surface area contributed by atoms with Crippen molar-refractivity contribution in [2.45, 2.75) is 20.8 Å². The molecule has 3 nitrogen and oxygen atoms in total. The van der Waals surface area contributed by atoms with Gasteiger partial charge in [0.25, 0.3) is 0 Å². The van der Waals surface area contributed by atoms with E-state index < -0.39 is 0 Å². The van der Waals surface area contributed by atoms with Gasteiger partial charge in [0.1, 0.15) is 17.2 Å². The highest BCUT2D eigenvalue weighted by Crippen LogP contribution is 2.42. The van der Waals surface area contributed by atoms with E-state index in [0.717, 1.165) is 50.6 Å². The Hall–Kier alpha value is -6.06. The van der Waals surface area contributed by atoms with Crippen molar-refractivity contribution in [3.8, 4) is 84.0 Å². The lowest BCUT2D eigenvalue weighted by Crippen LogP contribution is -1.93. The summed E-state index contributed by atoms with van der Waals surface area (Å²) in [5.74, 6) is 2.62. The first kappa shape index (κ1) is 33.4. The van der Waals surface area contributed by atoms with Crippen molar-refractivity contribution in [3.05, 3.63) is 164 Å². The molecule has 7 rings (SSSR count). The fourth-order valence-electron chi connectivity index (χ4n) is 6.75. The van der Waals surface area contributed by atoms with Gasteiger partial charge >= 0.3 is 0 Å². The average molecular weight is 667 g/mol. The summed E-state index contributed by atoms with van der Waals surface area (Å²) in [7, 11) is 0. The molecule has 0 heterocycles. The maximum atomic E-state index is 5.76. The SMILES string of the molecule is CCOc1ccc(-c2ccccc2-c2cc(-c3ccccc3-c3ccc(OCC)cc3)cc(-c3ccccc3-c3ccc(OCC)cc3)c2)cc1. The van der Waals surface area contributed by atoms with Gasteiger partial charge in [-0.15, -0.1) is 0 Å². The molecule has 3 heteroatoms. The summed E-state index contributed by atoms with van der Waals surface area (Å²) in [6, 6.07) is 58.3. The molecule has 0 fully saturated rings. The number of ether oxygens (including phenoxy) is 3. The van der Waals surface area contributed by atoms with Crippen molar-refractivity contribution in [2.24, 2.45) is 0 Å². The van der Waals surface area contributed by atoms with E-state index >= 15 is 0 Å². The van der Waals surface area contributed by atoms with Crippen molar-refractivity contribution >= 4 is 0 Å². The summed E-state index contributed by atoms with van der Waals surface area (Å²) in [6.45, 7) is 7.95. The molecule has 7 aromatic carbocycles. The maximum absolute atomic E-state index is 5.76. The molecule has 0 radical (unpaired) electrons. The third-order valence-corrected chi connectivity index (χ3v) is 9.08. The van der Waals surface area contributed by atoms with Gasteiger partial charge in [0, 0.05) is 0 Å². The molecule has 0 saturated heterocycles. The molecule has 0 amide bonds. The Morgan fingerprint density at radius 1 is 0.275 bits per heavy atom. The van der Waals surface area contributed by atoms with Gasteiger partial charge in [0.15, 0.2) is 0 Å². The first-order valence-electron chi connectivity index (χ1n) is 17.8. The zero-order valence-corrected chi connectivity index (χ0v) is 29.4. The largest absolute Gasteiger partial charge is 0.494 e. The lowest BCUT2D eigenvalue weighted by Gasteiger charge is -2.18. The summed E-state index contributed by atoms with van der Waals surface area (Å²) >= 11 is 0. The Balaban J connectivity index is 1.42. The Kier molecular flexibility index (Phi) is 10.3. The minimum absolute atomic E-state index is 0.641. The van der Waals surface area contributed by atoms with Gasteiger partial charge in [-0.05, 0) is 142 Å². The summed E-state index contributed by atoms with van der Waals surface area (Å²) in [4.78, 5) is 0. The van der Waals surface area contributed by atoms with E-state index in [1.807, 2.05) is 20.8 Å². The van der Waals surface area contributed by atoms with Crippen molar-refractivity contribution < 1.29 is 14.2 Å². The van der Waals surface area contributed by atoms with Crippen molar-refractivity contribution in [2.75, 3.05) is 19.8 Å². The topological polar surface area (TPSA) is 27.7 Å². The van der Waals surface area contributed by atoms with E-state index in [9.17, 15) is 0 Å². The Bertz CT molecular complexity index is 1950. The van der Waals surface area contributed by atoms with E-state index in [2.05, 4.69) is 164 Å². The summed E-state index contributed by atoms with van der Waals surface area (Å²) < 4.78 is 17.3. The van der Waals surface area contributed by atoms with Gasteiger partial charge in [-0.1, -0.05) is 109 Å². The lowest BCUT2D eigenvalue weighted by molar-refractivity contribution is 0.340. The molecule has 0 aliphatic heterocycles. The second-order valence-corrected chi connectivity index (χ2v) is 12.3. The monoisotopic (exact) mass is 666 g/mol. The maximum Gasteiger partial charge on any atom is 0.119 e. The standard InChI is InChI=1S/C48H42O3/c1-4-49-40-25-19-34(20-26-40)43-13-7-10-16-46(43)37-31-38(47-17-11-8-14-44(47)35-21-27-41(28-22-35)50-5-2)33-39(32-37)48-18-12-9-15-45(48)36-23-29-42(30-24-36)51-6-3/h7-33H,4-6H2,1-3H3. The lowest BCUT2D eigenvalue weighted by atomic mass is 9.86. The van der Waals surface area contributed by atoms with E-state index in [0.29, 0.717) is 19.8 Å². The quantitative estimate of drug-likeness (QED) is 0.130. The van der Waals surface area contributed by atoms with Crippen LogP contribution >= 0.6 is 0 Å². The number of benzene rings is 7. The second-order valence-electron chi connectivity index (χ2n) is 12.3. The molecule has 0 saturated carbocycles. The zero-order valence-electron chi connectivity index (χ0n) is 29.4. The predicted octanol–water partition coefficient (Wildman–Crippen LogP) is 12.9. The van der Waals surface area contributed by atoms with Crippen LogP contribution in [0, 0.1) is 0 Å². The molecular weight excluding hydrogens is 625 g/mol. The molecule has 7 aromatic rings. The van der Waals surface area contributed by atoms with Gasteiger partial charge in [-0.3, -0.25) is 0 Å². The van der Waals surface area contributed by atoms with Crippen molar-refractivity contribution in [1.29, 1.82) is 0 Å². The molecular formula is C48H42O3. The van der Waals surface area contributed by atoms with Gasteiger partial charge < -0.3 is 14.2 Å². The van der Waals surface area contributed by atoms with Crippen LogP contribution in [0.1, 0.15) is 20.8 Å². The Morgan fingerprint density at radius 2 is 0.490 bits per heavy atom. The van der Waals surface area contributed by atoms with Crippen LogP contribution in [0.25, 0.3) is 66.8 Å². The smallest absolute Gasteiger partial charge is 0.119 e. The van der Waals surface area contributed by atoms with E-state index in [1.54, 1.807) is 0 Å². The minimum atomic E-state index is 0.641. The summed E-state index contributed by atoms with van der Waals surface area (Å²) in [5.41, 5.74) is 13.9. The summed E-state index contributed by atoms with van der Waals surface area (Å²) in [6.07, 6.45) is 0. The highest BCUT2D eigenvalue weighted by Gasteiger charge is 2.16. The normalized spacial score (nSPS) is 10.9. The molecule has 0 aliphatic rings. The molecule has 252 valence electrons. The van der Waals surface area contributed by atoms with Crippen molar-refractivity contribution in [3.63, 3.8) is 0 Å². The molecule has 0 unspecified atom stereocenters. The molecule has 51 heavy (non-hydrogen) atoms. The van der Waals surface area contributed by atoms with Crippen LogP contribution in [0.5, 0.6) is 17.2 Å². The minimum Gasteiger partial charge on any atom is -0.494 e. The van der Waals surface area contributed by atoms with Crippen LogP contribution in [-0.2, 0) is 0 Å². The predicted molar refractivity (Wildman–Crippen MR) is 213 cm³/mol. The van der Waals surface area contributed by atoms with Crippen LogP contribution in [0.3, 0.4) is 0 Å². The Morgan fingerprint density at radius 3 is 0.706 bits per heavy atom. The molecule has 0 N–H and O–H groups in total. The first-order chi connectivity index (χ1) is 25.1. The van der Waals surface area contributed by atoms with Crippen LogP contribution in [0.2, 0.25) is 0 Å². The zero-order chi connectivity index (χ0) is 35.0. The van der Waals surface area contributed by atoms with Gasteiger partial charge in [-0.25, -0.2) is 0 Å². The molecule has 0 bridgehead atoms.